The Morgan fingerprint density at radius 1 is 1.13 bits per heavy atom. The Labute approximate surface area is 174 Å². The summed E-state index contributed by atoms with van der Waals surface area (Å²) in [4.78, 5) is 26.6. The molecule has 0 saturated carbocycles. The molecule has 1 heterocycles. The van der Waals surface area contributed by atoms with Crippen LogP contribution in [0.1, 0.15) is 10.4 Å². The van der Waals surface area contributed by atoms with Gasteiger partial charge in [-0.1, -0.05) is 12.1 Å². The summed E-state index contributed by atoms with van der Waals surface area (Å²) in [5, 5.41) is 0. The molecule has 30 heavy (non-hydrogen) atoms. The zero-order chi connectivity index (χ0) is 22.1. The van der Waals surface area contributed by atoms with Crippen molar-refractivity contribution in [3.8, 4) is 11.5 Å². The van der Waals surface area contributed by atoms with Gasteiger partial charge in [-0.3, -0.25) is 4.79 Å². The summed E-state index contributed by atoms with van der Waals surface area (Å²) in [5.74, 6) is -0.636. The molecule has 0 aromatic heterocycles. The van der Waals surface area contributed by atoms with E-state index in [0.29, 0.717) is 11.4 Å². The minimum Gasteiger partial charge on any atom is -0.495 e. The Morgan fingerprint density at radius 3 is 2.47 bits per heavy atom. The molecule has 0 N–H and O–H groups in total. The molecule has 10 heteroatoms. The van der Waals surface area contributed by atoms with Crippen LogP contribution in [-0.2, 0) is 19.6 Å². The Hall–Kier alpha value is -3.11. The van der Waals surface area contributed by atoms with Crippen LogP contribution in [0.3, 0.4) is 0 Å². The highest BCUT2D eigenvalue weighted by Crippen LogP contribution is 2.35. The van der Waals surface area contributed by atoms with E-state index < -0.39 is 28.0 Å². The third-order valence-corrected chi connectivity index (χ3v) is 6.49. The fraction of sp³-hybridized carbons (Fsp3) is 0.300. The lowest BCUT2D eigenvalue weighted by Crippen LogP contribution is -2.47. The summed E-state index contributed by atoms with van der Waals surface area (Å²) in [6.07, 6.45) is -1.00. The van der Waals surface area contributed by atoms with Crippen molar-refractivity contribution in [2.45, 2.75) is 11.0 Å². The van der Waals surface area contributed by atoms with E-state index in [4.69, 9.17) is 14.2 Å². The fourth-order valence-corrected chi connectivity index (χ4v) is 4.12. The number of methoxy groups -OCH3 is 2. The summed E-state index contributed by atoms with van der Waals surface area (Å²) in [7, 11) is 1.51. The first-order valence-corrected chi connectivity index (χ1v) is 10.4. The Morgan fingerprint density at radius 2 is 1.83 bits per heavy atom. The summed E-state index contributed by atoms with van der Waals surface area (Å²) in [5.41, 5.74) is 0.590. The van der Waals surface area contributed by atoms with E-state index >= 15 is 0 Å². The predicted molar refractivity (Wildman–Crippen MR) is 108 cm³/mol. The standard InChI is InChI=1S/C20H22N2O7S/c1-21(2)30(25,26)18-11-13(9-10-16(18)27-3)19(23)22-12-17(20(24)28-4)29-15-8-6-5-7-14(15)22/h5-11,17H,12H2,1-4H3/t17-/m1/s1. The first-order valence-electron chi connectivity index (χ1n) is 8.96. The molecule has 1 amide bonds. The van der Waals surface area contributed by atoms with Gasteiger partial charge < -0.3 is 19.1 Å². The maximum Gasteiger partial charge on any atom is 0.348 e. The molecular formula is C20H22N2O7S. The Balaban J connectivity index is 2.07. The first-order chi connectivity index (χ1) is 14.2. The van der Waals surface area contributed by atoms with Crippen LogP contribution in [0.25, 0.3) is 0 Å². The molecule has 1 aliphatic heterocycles. The predicted octanol–water partition coefficient (Wildman–Crippen LogP) is 1.53. The van der Waals surface area contributed by atoms with E-state index in [-0.39, 0.29) is 22.8 Å². The molecule has 160 valence electrons. The minimum atomic E-state index is -3.86. The number of hydrogen-bond acceptors (Lipinski definition) is 7. The van der Waals surface area contributed by atoms with Gasteiger partial charge in [-0.25, -0.2) is 17.5 Å². The number of carbonyl (C=O) groups is 2. The molecule has 0 saturated heterocycles. The minimum absolute atomic E-state index is 0.0791. The highest BCUT2D eigenvalue weighted by molar-refractivity contribution is 7.89. The van der Waals surface area contributed by atoms with Gasteiger partial charge in [0.05, 0.1) is 26.5 Å². The summed E-state index contributed by atoms with van der Waals surface area (Å²) < 4.78 is 42.0. The molecule has 0 radical (unpaired) electrons. The SMILES string of the molecule is COC(=O)[C@H]1CN(C(=O)c2ccc(OC)c(S(=O)(=O)N(C)C)c2)c2ccccc2O1. The van der Waals surface area contributed by atoms with Crippen molar-refractivity contribution in [3.63, 3.8) is 0 Å². The van der Waals surface area contributed by atoms with E-state index in [2.05, 4.69) is 0 Å². The number of benzene rings is 2. The summed E-state index contributed by atoms with van der Waals surface area (Å²) in [6.45, 7) is -0.0791. The van der Waals surface area contributed by atoms with Crippen LogP contribution in [0.15, 0.2) is 47.4 Å². The fourth-order valence-electron chi connectivity index (χ4n) is 3.04. The maximum absolute atomic E-state index is 13.3. The van der Waals surface area contributed by atoms with E-state index in [9.17, 15) is 18.0 Å². The third-order valence-electron chi connectivity index (χ3n) is 4.65. The molecule has 9 nitrogen and oxygen atoms in total. The van der Waals surface area contributed by atoms with Crippen molar-refractivity contribution in [2.75, 3.05) is 39.8 Å². The molecule has 0 spiro atoms. The third kappa shape index (κ3) is 3.83. The van der Waals surface area contributed by atoms with Crippen LogP contribution >= 0.6 is 0 Å². The molecule has 1 aliphatic rings. The molecule has 1 atom stereocenters. The van der Waals surface area contributed by atoms with Gasteiger partial charge in [0, 0.05) is 19.7 Å². The molecular weight excluding hydrogens is 412 g/mol. The number of carbonyl (C=O) groups excluding carboxylic acids is 2. The van der Waals surface area contributed by atoms with Crippen LogP contribution in [0, 0.1) is 0 Å². The number of ether oxygens (including phenoxy) is 3. The normalized spacial score (nSPS) is 15.9. The van der Waals surface area contributed by atoms with Crippen molar-refractivity contribution in [2.24, 2.45) is 0 Å². The smallest absolute Gasteiger partial charge is 0.348 e. The number of hydrogen-bond donors (Lipinski definition) is 0. The maximum atomic E-state index is 13.3. The first kappa shape index (κ1) is 21.6. The van der Waals surface area contributed by atoms with Crippen molar-refractivity contribution >= 4 is 27.6 Å². The number of esters is 1. The van der Waals surface area contributed by atoms with Gasteiger partial charge in [0.1, 0.15) is 16.4 Å². The Kier molecular flexibility index (Phi) is 5.99. The molecule has 2 aromatic rings. The van der Waals surface area contributed by atoms with E-state index in [1.54, 1.807) is 24.3 Å². The van der Waals surface area contributed by atoms with Crippen molar-refractivity contribution in [1.82, 2.24) is 4.31 Å². The highest BCUT2D eigenvalue weighted by atomic mass is 32.2. The van der Waals surface area contributed by atoms with E-state index in [1.807, 2.05) is 0 Å². The second-order valence-electron chi connectivity index (χ2n) is 6.67. The second-order valence-corrected chi connectivity index (χ2v) is 8.79. The monoisotopic (exact) mass is 434 g/mol. The van der Waals surface area contributed by atoms with Gasteiger partial charge in [0.15, 0.2) is 0 Å². The van der Waals surface area contributed by atoms with Crippen molar-refractivity contribution < 1.29 is 32.2 Å². The van der Waals surface area contributed by atoms with Gasteiger partial charge in [-0.05, 0) is 30.3 Å². The number of amides is 1. The van der Waals surface area contributed by atoms with Gasteiger partial charge in [0.2, 0.25) is 16.1 Å². The topological polar surface area (TPSA) is 102 Å². The highest BCUT2D eigenvalue weighted by Gasteiger charge is 2.35. The van der Waals surface area contributed by atoms with Crippen LogP contribution in [0.2, 0.25) is 0 Å². The largest absolute Gasteiger partial charge is 0.495 e. The molecule has 2 aromatic carbocycles. The Bertz CT molecular complexity index is 1080. The van der Waals surface area contributed by atoms with Crippen LogP contribution in [0.5, 0.6) is 11.5 Å². The van der Waals surface area contributed by atoms with Crippen LogP contribution < -0.4 is 14.4 Å². The molecule has 0 aliphatic carbocycles. The summed E-state index contributed by atoms with van der Waals surface area (Å²) in [6, 6.07) is 10.9. The van der Waals surface area contributed by atoms with Crippen molar-refractivity contribution in [1.29, 1.82) is 0 Å². The molecule has 3 rings (SSSR count). The quantitative estimate of drug-likeness (QED) is 0.658. The average Bonchev–Trinajstić information content (AvgIpc) is 2.76. The number of para-hydroxylation sites is 2. The number of rotatable bonds is 5. The van der Waals surface area contributed by atoms with Crippen LogP contribution in [0.4, 0.5) is 5.69 Å². The van der Waals surface area contributed by atoms with Gasteiger partial charge in [-0.15, -0.1) is 0 Å². The average molecular weight is 434 g/mol. The lowest BCUT2D eigenvalue weighted by molar-refractivity contribution is -0.148. The second kappa shape index (κ2) is 8.33. The summed E-state index contributed by atoms with van der Waals surface area (Å²) >= 11 is 0. The van der Waals surface area contributed by atoms with Gasteiger partial charge >= 0.3 is 5.97 Å². The number of fused-ring (bicyclic) bond motifs is 1. The van der Waals surface area contributed by atoms with E-state index in [0.717, 1.165) is 4.31 Å². The van der Waals surface area contributed by atoms with Gasteiger partial charge in [-0.2, -0.15) is 0 Å². The molecule has 0 bridgehead atoms. The molecule has 0 unspecified atom stereocenters. The number of nitrogens with zero attached hydrogens (tertiary/aromatic N) is 2. The lowest BCUT2D eigenvalue weighted by atomic mass is 10.1. The van der Waals surface area contributed by atoms with E-state index in [1.165, 1.54) is 51.4 Å². The number of anilines is 1. The molecule has 0 fully saturated rings. The van der Waals surface area contributed by atoms with Crippen LogP contribution in [-0.4, -0.2) is 65.6 Å². The zero-order valence-corrected chi connectivity index (χ0v) is 17.8. The lowest BCUT2D eigenvalue weighted by Gasteiger charge is -2.33. The zero-order valence-electron chi connectivity index (χ0n) is 17.0. The van der Waals surface area contributed by atoms with Gasteiger partial charge in [0.25, 0.3) is 5.91 Å². The number of sulfonamides is 1. The van der Waals surface area contributed by atoms with Crippen molar-refractivity contribution in [3.05, 3.63) is 48.0 Å².